The predicted molar refractivity (Wildman–Crippen MR) is 141 cm³/mol. The number of amides is 1. The van der Waals surface area contributed by atoms with Crippen LogP contribution in [0.4, 0.5) is 5.69 Å². The fourth-order valence-corrected chi connectivity index (χ4v) is 4.66. The van der Waals surface area contributed by atoms with Crippen molar-refractivity contribution in [2.45, 2.75) is 20.3 Å². The Morgan fingerprint density at radius 1 is 1.11 bits per heavy atom. The summed E-state index contributed by atoms with van der Waals surface area (Å²) < 4.78 is 7.46. The normalized spacial score (nSPS) is 11.1. The van der Waals surface area contributed by atoms with Crippen molar-refractivity contribution in [3.05, 3.63) is 76.8 Å². The summed E-state index contributed by atoms with van der Waals surface area (Å²) in [7, 11) is 0. The Balaban J connectivity index is 1.25. The van der Waals surface area contributed by atoms with E-state index in [2.05, 4.69) is 25.9 Å². The Morgan fingerprint density at radius 2 is 1.89 bits per heavy atom. The summed E-state index contributed by atoms with van der Waals surface area (Å²) >= 11 is 12.8. The van der Waals surface area contributed by atoms with Crippen LogP contribution in [0.2, 0.25) is 5.02 Å². The van der Waals surface area contributed by atoms with Crippen molar-refractivity contribution in [3.8, 4) is 21.9 Å². The highest BCUT2D eigenvalue weighted by molar-refractivity contribution is 7.80. The molecule has 1 amide bonds. The van der Waals surface area contributed by atoms with Crippen molar-refractivity contribution in [3.63, 3.8) is 0 Å². The molecule has 176 valence electrons. The van der Waals surface area contributed by atoms with Crippen molar-refractivity contribution < 1.29 is 9.21 Å². The number of benzene rings is 2. The molecule has 0 bridgehead atoms. The Hall–Kier alpha value is -3.60. The van der Waals surface area contributed by atoms with Crippen LogP contribution in [0.1, 0.15) is 28.9 Å². The van der Waals surface area contributed by atoms with Gasteiger partial charge in [-0.25, -0.2) is 0 Å². The van der Waals surface area contributed by atoms with Crippen molar-refractivity contribution in [2.75, 3.05) is 5.32 Å². The number of furan rings is 1. The van der Waals surface area contributed by atoms with Gasteiger partial charge < -0.3 is 9.73 Å². The molecule has 2 N–H and O–H groups in total. The number of hydrogen-bond donors (Lipinski definition) is 2. The number of thiocarbonyl (C=S) groups is 1. The van der Waals surface area contributed by atoms with Gasteiger partial charge in [0.25, 0.3) is 5.91 Å². The number of aryl methyl sites for hydroxylation is 2. The highest BCUT2D eigenvalue weighted by Gasteiger charge is 2.16. The molecule has 0 aliphatic carbocycles. The van der Waals surface area contributed by atoms with Crippen LogP contribution in [0.15, 0.2) is 59.0 Å². The average molecular weight is 523 g/mol. The van der Waals surface area contributed by atoms with Crippen molar-refractivity contribution in [2.24, 2.45) is 0 Å². The number of fused-ring (bicyclic) bond motifs is 1. The van der Waals surface area contributed by atoms with Crippen molar-refractivity contribution >= 4 is 56.8 Å². The quantitative estimate of drug-likeness (QED) is 0.283. The summed E-state index contributed by atoms with van der Waals surface area (Å²) in [6, 6.07) is 16.4. The first-order chi connectivity index (χ1) is 16.9. The van der Waals surface area contributed by atoms with E-state index in [0.717, 1.165) is 44.6 Å². The third-order valence-corrected chi connectivity index (χ3v) is 6.68. The highest BCUT2D eigenvalue weighted by atomic mass is 35.5. The molecule has 0 aliphatic rings. The van der Waals surface area contributed by atoms with Gasteiger partial charge in [0, 0.05) is 28.3 Å². The van der Waals surface area contributed by atoms with Gasteiger partial charge in [0.2, 0.25) is 4.96 Å². The molecular formula is C24H19ClN6O2S2. The zero-order chi connectivity index (χ0) is 24.5. The minimum atomic E-state index is -0.441. The lowest BCUT2D eigenvalue weighted by molar-refractivity contribution is 0.0951. The van der Waals surface area contributed by atoms with Crippen LogP contribution < -0.4 is 10.6 Å². The van der Waals surface area contributed by atoms with E-state index in [0.29, 0.717) is 10.8 Å². The van der Waals surface area contributed by atoms with Gasteiger partial charge in [-0.15, -0.1) is 10.2 Å². The Kier molecular flexibility index (Phi) is 6.33. The summed E-state index contributed by atoms with van der Waals surface area (Å²) in [5.74, 6) is 1.10. The number of nitrogens with zero attached hydrogens (tertiary/aromatic N) is 4. The van der Waals surface area contributed by atoms with E-state index in [1.165, 1.54) is 11.3 Å². The molecular weight excluding hydrogens is 504 g/mol. The third kappa shape index (κ3) is 4.81. The van der Waals surface area contributed by atoms with Gasteiger partial charge in [-0.3, -0.25) is 10.1 Å². The monoisotopic (exact) mass is 522 g/mol. The topological polar surface area (TPSA) is 97.3 Å². The molecule has 11 heteroatoms. The first-order valence-corrected chi connectivity index (χ1v) is 12.3. The zero-order valence-corrected chi connectivity index (χ0v) is 21.1. The lowest BCUT2D eigenvalue weighted by Crippen LogP contribution is -2.34. The lowest BCUT2D eigenvalue weighted by atomic mass is 10.1. The minimum Gasteiger partial charge on any atom is -0.451 e. The molecule has 0 spiro atoms. The van der Waals surface area contributed by atoms with Crippen molar-refractivity contribution in [1.82, 2.24) is 25.1 Å². The maximum atomic E-state index is 12.6. The number of hydrogen-bond acceptors (Lipinski definition) is 7. The van der Waals surface area contributed by atoms with Gasteiger partial charge >= 0.3 is 0 Å². The Labute approximate surface area is 214 Å². The number of nitrogens with one attached hydrogen (secondary N) is 2. The molecule has 8 nitrogen and oxygen atoms in total. The number of anilines is 1. The number of rotatable bonds is 5. The van der Waals surface area contributed by atoms with E-state index >= 15 is 0 Å². The summed E-state index contributed by atoms with van der Waals surface area (Å²) in [6.07, 6.45) is 0.760. The van der Waals surface area contributed by atoms with Crippen LogP contribution in [0.25, 0.3) is 26.9 Å². The Morgan fingerprint density at radius 3 is 2.63 bits per heavy atom. The molecule has 35 heavy (non-hydrogen) atoms. The highest BCUT2D eigenvalue weighted by Crippen LogP contribution is 2.29. The molecule has 0 fully saturated rings. The fraction of sp³-hybridized carbons (Fsp3) is 0.125. The third-order valence-electron chi connectivity index (χ3n) is 5.28. The summed E-state index contributed by atoms with van der Waals surface area (Å²) in [6.45, 7) is 3.98. The molecule has 3 heterocycles. The molecule has 0 unspecified atom stereocenters. The van der Waals surface area contributed by atoms with E-state index in [-0.39, 0.29) is 10.9 Å². The van der Waals surface area contributed by atoms with E-state index in [4.69, 9.17) is 28.2 Å². The Bertz CT molecular complexity index is 1550. The first-order valence-electron chi connectivity index (χ1n) is 10.7. The van der Waals surface area contributed by atoms with Gasteiger partial charge in [-0.2, -0.15) is 9.61 Å². The van der Waals surface area contributed by atoms with Crippen LogP contribution in [-0.2, 0) is 6.42 Å². The predicted octanol–water partition coefficient (Wildman–Crippen LogP) is 5.76. The number of aromatic nitrogens is 4. The van der Waals surface area contributed by atoms with E-state index < -0.39 is 5.91 Å². The lowest BCUT2D eigenvalue weighted by Gasteiger charge is -2.12. The maximum absolute atomic E-state index is 12.6. The second kappa shape index (κ2) is 9.57. The van der Waals surface area contributed by atoms with Crippen LogP contribution in [0.3, 0.4) is 0 Å². The van der Waals surface area contributed by atoms with Gasteiger partial charge in [0.1, 0.15) is 10.8 Å². The van der Waals surface area contributed by atoms with E-state index in [9.17, 15) is 4.79 Å². The molecule has 0 saturated carbocycles. The molecule has 2 aromatic carbocycles. The van der Waals surface area contributed by atoms with Crippen molar-refractivity contribution in [1.29, 1.82) is 0 Å². The molecule has 3 aromatic heterocycles. The second-order valence-corrected chi connectivity index (χ2v) is 9.48. The molecule has 0 saturated heterocycles. The van der Waals surface area contributed by atoms with Gasteiger partial charge in [-0.1, -0.05) is 29.9 Å². The SMILES string of the molecule is CCc1nnc2sc(-c3ccc(NC(=S)NC(=O)c4ccc(-c5ccc(Cl)cc5)o4)c(C)c3)nn12. The largest absolute Gasteiger partial charge is 0.451 e. The molecule has 5 aromatic rings. The van der Waals surface area contributed by atoms with E-state index in [1.54, 1.807) is 28.8 Å². The molecule has 0 aliphatic heterocycles. The molecule has 0 radical (unpaired) electrons. The van der Waals surface area contributed by atoms with E-state index in [1.807, 2.05) is 44.2 Å². The van der Waals surface area contributed by atoms with Crippen LogP contribution in [-0.4, -0.2) is 30.8 Å². The standard InChI is InChI=1S/C24H19ClN6O2S2/c1-3-20-28-29-24-31(20)30-22(35-24)15-6-9-17(13(2)12-15)26-23(34)27-21(32)19-11-10-18(33-19)14-4-7-16(25)8-5-14/h4-12H,3H2,1-2H3,(H2,26,27,32,34). The number of carbonyl (C=O) groups excluding carboxylic acids is 1. The minimum absolute atomic E-state index is 0.154. The molecule has 5 rings (SSSR count). The average Bonchev–Trinajstić information content (AvgIpc) is 3.57. The van der Waals surface area contributed by atoms with Crippen LogP contribution in [0, 0.1) is 6.92 Å². The van der Waals surface area contributed by atoms with Gasteiger partial charge in [0.05, 0.1) is 0 Å². The maximum Gasteiger partial charge on any atom is 0.293 e. The van der Waals surface area contributed by atoms with Gasteiger partial charge in [0.15, 0.2) is 16.7 Å². The summed E-state index contributed by atoms with van der Waals surface area (Å²) in [5.41, 5.74) is 3.51. The zero-order valence-electron chi connectivity index (χ0n) is 18.7. The smallest absolute Gasteiger partial charge is 0.293 e. The summed E-state index contributed by atoms with van der Waals surface area (Å²) in [5, 5.41) is 20.3. The molecule has 0 atom stereocenters. The number of carbonyl (C=O) groups is 1. The number of halogens is 1. The first kappa shape index (κ1) is 23.2. The fourth-order valence-electron chi connectivity index (χ4n) is 3.48. The van der Waals surface area contributed by atoms with Gasteiger partial charge in [-0.05, 0) is 79.3 Å². The van der Waals surface area contributed by atoms with Crippen LogP contribution in [0.5, 0.6) is 0 Å². The second-order valence-electron chi connectivity index (χ2n) is 7.68. The van der Waals surface area contributed by atoms with Crippen LogP contribution >= 0.6 is 35.2 Å². The summed E-state index contributed by atoms with van der Waals surface area (Å²) in [4.78, 5) is 13.4.